The number of nitrogens with one attached hydrogen (secondary N) is 1. The maximum atomic E-state index is 12.5. The molecule has 2 aliphatic rings. The Labute approximate surface area is 137 Å². The van der Waals surface area contributed by atoms with E-state index in [1.807, 2.05) is 0 Å². The molecule has 0 spiro atoms. The van der Waals surface area contributed by atoms with Gasteiger partial charge < -0.3 is 11.1 Å². The Kier molecular flexibility index (Phi) is 5.10. The summed E-state index contributed by atoms with van der Waals surface area (Å²) in [6.45, 7) is 3.93. The van der Waals surface area contributed by atoms with Gasteiger partial charge in [-0.1, -0.05) is 19.3 Å². The van der Waals surface area contributed by atoms with Crippen molar-refractivity contribution in [1.29, 1.82) is 0 Å². The number of aromatic nitrogens is 2. The highest BCUT2D eigenvalue weighted by Crippen LogP contribution is 2.25. The van der Waals surface area contributed by atoms with Crippen molar-refractivity contribution in [2.45, 2.75) is 64.0 Å². The molecule has 3 N–H and O–H groups in total. The van der Waals surface area contributed by atoms with Crippen molar-refractivity contribution < 1.29 is 4.79 Å². The number of piperidine rings is 1. The molecule has 2 heterocycles. The van der Waals surface area contributed by atoms with Crippen LogP contribution in [-0.2, 0) is 0 Å². The molecule has 0 bridgehead atoms. The molecule has 2 fully saturated rings. The minimum absolute atomic E-state index is 0.0852. The molecule has 1 unspecified atom stereocenters. The topological polar surface area (TPSA) is 84.1 Å². The van der Waals surface area contributed by atoms with Gasteiger partial charge >= 0.3 is 0 Å². The molecule has 1 saturated carbocycles. The minimum Gasteiger partial charge on any atom is -0.368 e. The van der Waals surface area contributed by atoms with Crippen molar-refractivity contribution in [1.82, 2.24) is 20.2 Å². The molecule has 1 aliphatic heterocycles. The molecule has 1 aromatic heterocycles. The van der Waals surface area contributed by atoms with E-state index in [4.69, 9.17) is 5.73 Å². The SMILES string of the molecule is Cc1nc(N)ncc1C(=O)NC1CCCN(C2CCCCC2)C1. The third kappa shape index (κ3) is 3.99. The molecule has 6 heteroatoms. The van der Waals surface area contributed by atoms with Gasteiger partial charge in [-0.15, -0.1) is 0 Å². The van der Waals surface area contributed by atoms with Crippen molar-refractivity contribution in [2.24, 2.45) is 0 Å². The van der Waals surface area contributed by atoms with Crippen molar-refractivity contribution in [3.05, 3.63) is 17.5 Å². The molecule has 3 rings (SSSR count). The van der Waals surface area contributed by atoms with Crippen LogP contribution in [0.5, 0.6) is 0 Å². The number of likely N-dealkylation sites (tertiary alicyclic amines) is 1. The molecule has 1 atom stereocenters. The average molecular weight is 317 g/mol. The number of hydrogen-bond donors (Lipinski definition) is 2. The van der Waals surface area contributed by atoms with E-state index in [0.717, 1.165) is 19.4 Å². The van der Waals surface area contributed by atoms with Crippen LogP contribution in [0.1, 0.15) is 61.0 Å². The molecular weight excluding hydrogens is 290 g/mol. The summed E-state index contributed by atoms with van der Waals surface area (Å²) in [5, 5.41) is 3.16. The summed E-state index contributed by atoms with van der Waals surface area (Å²) in [5.74, 6) is 0.123. The molecule has 1 aromatic rings. The van der Waals surface area contributed by atoms with Gasteiger partial charge in [-0.05, 0) is 39.2 Å². The van der Waals surface area contributed by atoms with Gasteiger partial charge in [0.1, 0.15) is 0 Å². The molecule has 126 valence electrons. The van der Waals surface area contributed by atoms with Crippen molar-refractivity contribution in [3.63, 3.8) is 0 Å². The predicted octanol–water partition coefficient (Wildman–Crippen LogP) is 1.89. The number of carbonyl (C=O) groups excluding carboxylic acids is 1. The van der Waals surface area contributed by atoms with Crippen molar-refractivity contribution in [2.75, 3.05) is 18.8 Å². The van der Waals surface area contributed by atoms with Gasteiger partial charge in [0.05, 0.1) is 11.3 Å². The first kappa shape index (κ1) is 16.2. The van der Waals surface area contributed by atoms with Crippen LogP contribution in [0.2, 0.25) is 0 Å². The second kappa shape index (κ2) is 7.25. The van der Waals surface area contributed by atoms with Crippen LogP contribution >= 0.6 is 0 Å². The maximum Gasteiger partial charge on any atom is 0.254 e. The first-order valence-corrected chi connectivity index (χ1v) is 8.77. The number of anilines is 1. The molecule has 1 aliphatic carbocycles. The van der Waals surface area contributed by atoms with Crippen LogP contribution in [0.25, 0.3) is 0 Å². The molecule has 1 amide bonds. The van der Waals surface area contributed by atoms with Crippen LogP contribution in [0.3, 0.4) is 0 Å². The Morgan fingerprint density at radius 1 is 1.26 bits per heavy atom. The monoisotopic (exact) mass is 317 g/mol. The average Bonchev–Trinajstić information content (AvgIpc) is 2.56. The molecule has 1 saturated heterocycles. The zero-order valence-electron chi connectivity index (χ0n) is 13.9. The van der Waals surface area contributed by atoms with E-state index in [-0.39, 0.29) is 17.9 Å². The predicted molar refractivity (Wildman–Crippen MR) is 90.1 cm³/mol. The summed E-state index contributed by atoms with van der Waals surface area (Å²) in [6, 6.07) is 0.931. The van der Waals surface area contributed by atoms with E-state index in [1.165, 1.54) is 44.8 Å². The van der Waals surface area contributed by atoms with E-state index in [9.17, 15) is 4.79 Å². The lowest BCUT2D eigenvalue weighted by atomic mass is 9.92. The van der Waals surface area contributed by atoms with E-state index in [1.54, 1.807) is 6.92 Å². The highest BCUT2D eigenvalue weighted by Gasteiger charge is 2.28. The fourth-order valence-corrected chi connectivity index (χ4v) is 3.87. The Hall–Kier alpha value is -1.69. The van der Waals surface area contributed by atoms with Gasteiger partial charge in [-0.25, -0.2) is 9.97 Å². The highest BCUT2D eigenvalue weighted by atomic mass is 16.1. The minimum atomic E-state index is -0.0852. The zero-order chi connectivity index (χ0) is 16.2. The highest BCUT2D eigenvalue weighted by molar-refractivity contribution is 5.95. The molecular formula is C17H27N5O. The van der Waals surface area contributed by atoms with Crippen molar-refractivity contribution >= 4 is 11.9 Å². The van der Waals surface area contributed by atoms with Gasteiger partial charge in [-0.3, -0.25) is 9.69 Å². The first-order chi connectivity index (χ1) is 11.1. The lowest BCUT2D eigenvalue weighted by Crippen LogP contribution is -2.51. The normalized spacial score (nSPS) is 23.6. The molecule has 0 aromatic carbocycles. The van der Waals surface area contributed by atoms with E-state index < -0.39 is 0 Å². The Bertz CT molecular complexity index is 556. The Morgan fingerprint density at radius 2 is 2.04 bits per heavy atom. The maximum absolute atomic E-state index is 12.5. The summed E-state index contributed by atoms with van der Waals surface area (Å²) < 4.78 is 0. The van der Waals surface area contributed by atoms with Crippen molar-refractivity contribution in [3.8, 4) is 0 Å². The van der Waals surface area contributed by atoms with Crippen LogP contribution < -0.4 is 11.1 Å². The second-order valence-corrected chi connectivity index (χ2v) is 6.83. The van der Waals surface area contributed by atoms with Gasteiger partial charge in [0, 0.05) is 24.8 Å². The number of nitrogens with zero attached hydrogens (tertiary/aromatic N) is 3. The number of hydrogen-bond acceptors (Lipinski definition) is 5. The van der Waals surface area contributed by atoms with E-state index in [2.05, 4.69) is 20.2 Å². The number of rotatable bonds is 3. The number of amides is 1. The van der Waals surface area contributed by atoms with Gasteiger partial charge in [0.15, 0.2) is 0 Å². The lowest BCUT2D eigenvalue weighted by Gasteiger charge is -2.40. The molecule has 6 nitrogen and oxygen atoms in total. The fourth-order valence-electron chi connectivity index (χ4n) is 3.87. The Morgan fingerprint density at radius 3 is 2.78 bits per heavy atom. The summed E-state index contributed by atoms with van der Waals surface area (Å²) in [7, 11) is 0. The zero-order valence-corrected chi connectivity index (χ0v) is 13.9. The number of aryl methyl sites for hydroxylation is 1. The van der Waals surface area contributed by atoms with E-state index in [0.29, 0.717) is 17.3 Å². The molecule has 0 radical (unpaired) electrons. The van der Waals surface area contributed by atoms with Crippen LogP contribution in [0, 0.1) is 6.92 Å². The molecule has 23 heavy (non-hydrogen) atoms. The van der Waals surface area contributed by atoms with Crippen LogP contribution in [-0.4, -0.2) is 45.9 Å². The van der Waals surface area contributed by atoms with Gasteiger partial charge in [0.25, 0.3) is 5.91 Å². The van der Waals surface area contributed by atoms with Gasteiger partial charge in [-0.2, -0.15) is 0 Å². The van der Waals surface area contributed by atoms with Crippen LogP contribution in [0.4, 0.5) is 5.95 Å². The van der Waals surface area contributed by atoms with E-state index >= 15 is 0 Å². The number of nitrogens with two attached hydrogens (primary N) is 1. The Balaban J connectivity index is 1.59. The lowest BCUT2D eigenvalue weighted by molar-refractivity contribution is 0.0834. The second-order valence-electron chi connectivity index (χ2n) is 6.83. The third-order valence-corrected chi connectivity index (χ3v) is 5.12. The first-order valence-electron chi connectivity index (χ1n) is 8.77. The third-order valence-electron chi connectivity index (χ3n) is 5.12. The summed E-state index contributed by atoms with van der Waals surface area (Å²) in [4.78, 5) is 23.1. The largest absolute Gasteiger partial charge is 0.368 e. The van der Waals surface area contributed by atoms with Gasteiger partial charge in [0.2, 0.25) is 5.95 Å². The quantitative estimate of drug-likeness (QED) is 0.889. The standard InChI is InChI=1S/C17H27N5O/c1-12-15(10-19-17(18)20-12)16(23)21-13-6-5-9-22(11-13)14-7-3-2-4-8-14/h10,13-14H,2-9,11H2,1H3,(H,21,23)(H2,18,19,20). The summed E-state index contributed by atoms with van der Waals surface area (Å²) >= 11 is 0. The number of nitrogen functional groups attached to an aromatic ring is 1. The van der Waals surface area contributed by atoms with Crippen LogP contribution in [0.15, 0.2) is 6.20 Å². The fraction of sp³-hybridized carbons (Fsp3) is 0.706. The number of carbonyl (C=O) groups is 1. The summed E-state index contributed by atoms with van der Waals surface area (Å²) in [5.41, 5.74) is 6.71. The smallest absolute Gasteiger partial charge is 0.254 e. The summed E-state index contributed by atoms with van der Waals surface area (Å²) in [6.07, 6.45) is 10.4.